The number of aliphatic hydroxyl groups is 1. The minimum Gasteiger partial charge on any atom is -0.387 e. The van der Waals surface area contributed by atoms with Crippen LogP contribution in [-0.4, -0.2) is 16.6 Å². The van der Waals surface area contributed by atoms with E-state index in [2.05, 4.69) is 10.3 Å². The van der Waals surface area contributed by atoms with Crippen molar-refractivity contribution in [3.8, 4) is 0 Å². The van der Waals surface area contributed by atoms with Crippen LogP contribution in [0.3, 0.4) is 0 Å². The number of halogens is 1. The van der Waals surface area contributed by atoms with E-state index in [9.17, 15) is 5.11 Å². The number of aromatic nitrogens is 1. The summed E-state index contributed by atoms with van der Waals surface area (Å²) < 4.78 is 0. The highest BCUT2D eigenvalue weighted by Crippen LogP contribution is 2.21. The fourth-order valence-corrected chi connectivity index (χ4v) is 2.47. The lowest BCUT2D eigenvalue weighted by Crippen LogP contribution is -2.25. The van der Waals surface area contributed by atoms with Gasteiger partial charge in [0.1, 0.15) is 5.15 Å². The Hall–Kier alpha value is -1.42. The molecule has 2 rings (SSSR count). The van der Waals surface area contributed by atoms with E-state index in [0.717, 1.165) is 16.7 Å². The Morgan fingerprint density at radius 2 is 1.90 bits per heavy atom. The second kappa shape index (κ2) is 6.84. The van der Waals surface area contributed by atoms with Gasteiger partial charge in [0.25, 0.3) is 0 Å². The molecule has 0 saturated carbocycles. The zero-order valence-corrected chi connectivity index (χ0v) is 12.4. The zero-order chi connectivity index (χ0) is 14.5. The highest BCUT2D eigenvalue weighted by atomic mass is 35.5. The fourth-order valence-electron chi connectivity index (χ4n) is 2.19. The topological polar surface area (TPSA) is 45.1 Å². The molecule has 2 unspecified atom stereocenters. The minimum atomic E-state index is -0.533. The van der Waals surface area contributed by atoms with Crippen LogP contribution in [0.25, 0.3) is 0 Å². The van der Waals surface area contributed by atoms with E-state index in [-0.39, 0.29) is 6.04 Å². The zero-order valence-electron chi connectivity index (χ0n) is 11.7. The summed E-state index contributed by atoms with van der Waals surface area (Å²) in [5.74, 6) is 0. The molecular formula is C16H19ClN2O. The average molecular weight is 291 g/mol. The van der Waals surface area contributed by atoms with Crippen molar-refractivity contribution in [3.63, 3.8) is 0 Å². The smallest absolute Gasteiger partial charge is 0.133 e. The number of rotatable bonds is 5. The molecule has 0 fully saturated rings. The number of aryl methyl sites for hydroxylation is 1. The van der Waals surface area contributed by atoms with E-state index in [4.69, 9.17) is 11.6 Å². The van der Waals surface area contributed by atoms with Crippen molar-refractivity contribution in [1.82, 2.24) is 10.3 Å². The van der Waals surface area contributed by atoms with E-state index in [1.165, 1.54) is 0 Å². The maximum absolute atomic E-state index is 10.3. The van der Waals surface area contributed by atoms with Crippen LogP contribution in [-0.2, 0) is 0 Å². The van der Waals surface area contributed by atoms with Crippen molar-refractivity contribution in [2.75, 3.05) is 6.54 Å². The van der Waals surface area contributed by atoms with Gasteiger partial charge in [-0.2, -0.15) is 0 Å². The van der Waals surface area contributed by atoms with Crippen LogP contribution in [0.15, 0.2) is 42.6 Å². The van der Waals surface area contributed by atoms with Crippen LogP contribution in [0.1, 0.15) is 35.8 Å². The Bertz CT molecular complexity index is 522. The highest BCUT2D eigenvalue weighted by molar-refractivity contribution is 6.30. The van der Waals surface area contributed by atoms with Gasteiger partial charge in [-0.05, 0) is 31.0 Å². The number of hydrogen-bond donors (Lipinski definition) is 2. The third-order valence-electron chi connectivity index (χ3n) is 3.42. The summed E-state index contributed by atoms with van der Waals surface area (Å²) >= 11 is 6.06. The average Bonchev–Trinajstić information content (AvgIpc) is 2.45. The lowest BCUT2D eigenvalue weighted by atomic mass is 10.0. The first kappa shape index (κ1) is 15.0. The largest absolute Gasteiger partial charge is 0.387 e. The van der Waals surface area contributed by atoms with Gasteiger partial charge in [-0.3, -0.25) is 0 Å². The number of benzene rings is 1. The van der Waals surface area contributed by atoms with E-state index >= 15 is 0 Å². The van der Waals surface area contributed by atoms with Crippen molar-refractivity contribution in [1.29, 1.82) is 0 Å². The van der Waals surface area contributed by atoms with Crippen molar-refractivity contribution in [2.45, 2.75) is 26.0 Å². The first-order chi connectivity index (χ1) is 9.59. The van der Waals surface area contributed by atoms with Crippen LogP contribution in [0.5, 0.6) is 0 Å². The Balaban J connectivity index is 1.99. The molecule has 0 bridgehead atoms. The first-order valence-electron chi connectivity index (χ1n) is 6.67. The van der Waals surface area contributed by atoms with E-state index in [1.54, 1.807) is 6.20 Å². The molecule has 0 spiro atoms. The summed E-state index contributed by atoms with van der Waals surface area (Å²) in [6.07, 6.45) is 1.13. The normalized spacial score (nSPS) is 14.0. The molecule has 0 amide bonds. The molecule has 2 N–H and O–H groups in total. The van der Waals surface area contributed by atoms with Crippen LogP contribution >= 0.6 is 11.6 Å². The monoisotopic (exact) mass is 290 g/mol. The molecule has 3 nitrogen and oxygen atoms in total. The van der Waals surface area contributed by atoms with Gasteiger partial charge in [0.05, 0.1) is 6.10 Å². The molecule has 4 heteroatoms. The fraction of sp³-hybridized carbons (Fsp3) is 0.312. The summed E-state index contributed by atoms with van der Waals surface area (Å²) in [6.45, 7) is 4.48. The van der Waals surface area contributed by atoms with Gasteiger partial charge in [0, 0.05) is 24.3 Å². The molecule has 0 aliphatic carbocycles. The summed E-state index contributed by atoms with van der Waals surface area (Å²) in [5, 5.41) is 14.0. The SMILES string of the molecule is Cc1ccccc1C(O)CNC(C)c1cccnc1Cl. The van der Waals surface area contributed by atoms with E-state index in [1.807, 2.05) is 50.2 Å². The molecular weight excluding hydrogens is 272 g/mol. The van der Waals surface area contributed by atoms with Crippen molar-refractivity contribution in [2.24, 2.45) is 0 Å². The molecule has 2 atom stereocenters. The van der Waals surface area contributed by atoms with Crippen LogP contribution < -0.4 is 5.32 Å². The van der Waals surface area contributed by atoms with Gasteiger partial charge in [-0.1, -0.05) is 41.9 Å². The Kier molecular flexibility index (Phi) is 5.12. The highest BCUT2D eigenvalue weighted by Gasteiger charge is 2.14. The second-order valence-electron chi connectivity index (χ2n) is 4.89. The number of nitrogens with zero attached hydrogens (tertiary/aromatic N) is 1. The molecule has 1 heterocycles. The number of aliphatic hydroxyl groups excluding tert-OH is 1. The van der Waals surface area contributed by atoms with Crippen LogP contribution in [0.4, 0.5) is 0 Å². The Labute approximate surface area is 124 Å². The molecule has 106 valence electrons. The third kappa shape index (κ3) is 3.57. The molecule has 1 aromatic heterocycles. The molecule has 0 aliphatic rings. The van der Waals surface area contributed by atoms with Gasteiger partial charge >= 0.3 is 0 Å². The van der Waals surface area contributed by atoms with Gasteiger partial charge in [-0.25, -0.2) is 4.98 Å². The minimum absolute atomic E-state index is 0.0369. The van der Waals surface area contributed by atoms with Crippen molar-refractivity contribution in [3.05, 3.63) is 64.4 Å². The molecule has 0 aliphatic heterocycles. The summed E-state index contributed by atoms with van der Waals surface area (Å²) in [6, 6.07) is 11.7. The number of nitrogens with one attached hydrogen (secondary N) is 1. The molecule has 0 saturated heterocycles. The molecule has 2 aromatic rings. The first-order valence-corrected chi connectivity index (χ1v) is 7.04. The number of pyridine rings is 1. The molecule has 20 heavy (non-hydrogen) atoms. The summed E-state index contributed by atoms with van der Waals surface area (Å²) in [7, 11) is 0. The van der Waals surface area contributed by atoms with E-state index in [0.29, 0.717) is 11.7 Å². The Morgan fingerprint density at radius 3 is 2.60 bits per heavy atom. The second-order valence-corrected chi connectivity index (χ2v) is 5.24. The Morgan fingerprint density at radius 1 is 1.20 bits per heavy atom. The predicted molar refractivity (Wildman–Crippen MR) is 81.8 cm³/mol. The molecule has 0 radical (unpaired) electrons. The quantitative estimate of drug-likeness (QED) is 0.829. The van der Waals surface area contributed by atoms with Crippen LogP contribution in [0, 0.1) is 6.92 Å². The standard InChI is InChI=1S/C16H19ClN2O/c1-11-6-3-4-7-13(11)15(20)10-19-12(2)14-8-5-9-18-16(14)17/h3-9,12,15,19-20H,10H2,1-2H3. The van der Waals surface area contributed by atoms with Gasteiger partial charge in [0.15, 0.2) is 0 Å². The van der Waals surface area contributed by atoms with E-state index < -0.39 is 6.10 Å². The van der Waals surface area contributed by atoms with Gasteiger partial charge in [-0.15, -0.1) is 0 Å². The van der Waals surface area contributed by atoms with Crippen molar-refractivity contribution < 1.29 is 5.11 Å². The lowest BCUT2D eigenvalue weighted by Gasteiger charge is -2.19. The molecule has 1 aromatic carbocycles. The third-order valence-corrected chi connectivity index (χ3v) is 3.74. The van der Waals surface area contributed by atoms with Crippen molar-refractivity contribution >= 4 is 11.6 Å². The van der Waals surface area contributed by atoms with Crippen LogP contribution in [0.2, 0.25) is 5.15 Å². The van der Waals surface area contributed by atoms with Gasteiger partial charge in [0.2, 0.25) is 0 Å². The summed E-state index contributed by atoms with van der Waals surface area (Å²) in [4.78, 5) is 4.06. The summed E-state index contributed by atoms with van der Waals surface area (Å²) in [5.41, 5.74) is 2.98. The number of hydrogen-bond acceptors (Lipinski definition) is 3. The maximum Gasteiger partial charge on any atom is 0.133 e. The maximum atomic E-state index is 10.3. The van der Waals surface area contributed by atoms with Gasteiger partial charge < -0.3 is 10.4 Å². The predicted octanol–water partition coefficient (Wildman–Crippen LogP) is 3.43. The lowest BCUT2D eigenvalue weighted by molar-refractivity contribution is 0.170.